The van der Waals surface area contributed by atoms with Crippen LogP contribution in [0.4, 0.5) is 4.39 Å². The van der Waals surface area contributed by atoms with Crippen LogP contribution in [-0.4, -0.2) is 53.4 Å². The maximum atomic E-state index is 14.2. The van der Waals surface area contributed by atoms with Gasteiger partial charge in [-0.05, 0) is 42.2 Å². The van der Waals surface area contributed by atoms with Crippen LogP contribution in [0.15, 0.2) is 61.1 Å². The molecule has 2 heterocycles. The van der Waals surface area contributed by atoms with Crippen molar-refractivity contribution in [2.45, 2.75) is 25.4 Å². The molecule has 4 rings (SSSR count). The van der Waals surface area contributed by atoms with Gasteiger partial charge >= 0.3 is 5.97 Å². The van der Waals surface area contributed by atoms with Gasteiger partial charge in [-0.15, -0.1) is 0 Å². The molecule has 0 spiro atoms. The third-order valence-electron chi connectivity index (χ3n) is 5.43. The number of benzene rings is 2. The molecule has 0 aliphatic heterocycles. The highest BCUT2D eigenvalue weighted by Gasteiger charge is 2.26. The van der Waals surface area contributed by atoms with Crippen LogP contribution in [0, 0.1) is 11.7 Å². The fourth-order valence-electron chi connectivity index (χ4n) is 3.72. The molecule has 12 heteroatoms. The monoisotopic (exact) mass is 497 g/mol. The molecule has 1 amide bonds. The zero-order chi connectivity index (χ0) is 24.8. The summed E-state index contributed by atoms with van der Waals surface area (Å²) in [5.74, 6) is -2.77. The smallest absolute Gasteiger partial charge is 0.308 e. The number of carboxylic acids is 1. The third-order valence-corrected chi connectivity index (χ3v) is 5.66. The second-order valence-corrected chi connectivity index (χ2v) is 8.34. The Morgan fingerprint density at radius 2 is 1.89 bits per heavy atom. The minimum atomic E-state index is -1.03. The van der Waals surface area contributed by atoms with Crippen molar-refractivity contribution in [2.24, 2.45) is 5.92 Å². The van der Waals surface area contributed by atoms with Gasteiger partial charge in [0.25, 0.3) is 5.91 Å². The van der Waals surface area contributed by atoms with Crippen molar-refractivity contribution in [3.05, 3.63) is 83.2 Å². The van der Waals surface area contributed by atoms with E-state index in [0.29, 0.717) is 22.6 Å². The van der Waals surface area contributed by atoms with E-state index in [1.165, 1.54) is 35.5 Å². The SMILES string of the molecule is O=C(N[C@H](Cc1ccc(-c2cc(Cl)ccc2F)cc1)C[C@@H](Cn1nccn1)C(=O)O)c1cn[nH]n1. The van der Waals surface area contributed by atoms with Crippen molar-refractivity contribution in [3.63, 3.8) is 0 Å². The van der Waals surface area contributed by atoms with Crippen LogP contribution in [0.25, 0.3) is 11.1 Å². The summed E-state index contributed by atoms with van der Waals surface area (Å²) < 4.78 is 14.2. The first-order chi connectivity index (χ1) is 16.9. The number of hydrogen-bond acceptors (Lipinski definition) is 6. The molecule has 10 nitrogen and oxygen atoms in total. The first-order valence-electron chi connectivity index (χ1n) is 10.7. The molecular weight excluding hydrogens is 477 g/mol. The number of carbonyl (C=O) groups excluding carboxylic acids is 1. The predicted molar refractivity (Wildman–Crippen MR) is 124 cm³/mol. The van der Waals surface area contributed by atoms with Crippen LogP contribution in [0.1, 0.15) is 22.5 Å². The van der Waals surface area contributed by atoms with Crippen molar-refractivity contribution >= 4 is 23.5 Å². The van der Waals surface area contributed by atoms with E-state index in [2.05, 4.69) is 30.9 Å². The quantitative estimate of drug-likeness (QED) is 0.306. The van der Waals surface area contributed by atoms with Gasteiger partial charge in [0.15, 0.2) is 5.69 Å². The van der Waals surface area contributed by atoms with Gasteiger partial charge in [-0.2, -0.15) is 30.4 Å². The summed E-state index contributed by atoms with van der Waals surface area (Å²) in [5.41, 5.74) is 1.92. The third kappa shape index (κ3) is 6.27. The molecule has 0 aliphatic carbocycles. The number of aromatic amines is 1. The molecule has 4 aromatic rings. The first-order valence-corrected chi connectivity index (χ1v) is 11.0. The Balaban J connectivity index is 1.53. The number of halogens is 2. The van der Waals surface area contributed by atoms with E-state index in [0.717, 1.165) is 5.56 Å². The lowest BCUT2D eigenvalue weighted by Gasteiger charge is -2.22. The second kappa shape index (κ2) is 10.9. The topological polar surface area (TPSA) is 139 Å². The average molecular weight is 498 g/mol. The summed E-state index contributed by atoms with van der Waals surface area (Å²) in [5, 5.41) is 30.8. The van der Waals surface area contributed by atoms with Gasteiger partial charge in [0.1, 0.15) is 5.82 Å². The van der Waals surface area contributed by atoms with Gasteiger partial charge in [0.2, 0.25) is 0 Å². The Hall–Kier alpha value is -4.12. The zero-order valence-corrected chi connectivity index (χ0v) is 19.1. The lowest BCUT2D eigenvalue weighted by Crippen LogP contribution is -2.40. The van der Waals surface area contributed by atoms with Gasteiger partial charge in [-0.3, -0.25) is 9.59 Å². The van der Waals surface area contributed by atoms with Crippen molar-refractivity contribution in [1.82, 2.24) is 35.7 Å². The molecule has 0 radical (unpaired) electrons. The summed E-state index contributed by atoms with van der Waals surface area (Å²) in [7, 11) is 0. The summed E-state index contributed by atoms with van der Waals surface area (Å²) in [6.07, 6.45) is 4.66. The molecule has 180 valence electrons. The van der Waals surface area contributed by atoms with E-state index in [9.17, 15) is 19.1 Å². The standard InChI is InChI=1S/C23H21ClFN7O3/c24-17-5-6-20(25)19(11-17)15-3-1-14(2-4-15)9-18(29-22(33)21-12-26-31-30-21)10-16(23(34)35)13-32-27-7-8-28-32/h1-8,11-12,16,18H,9-10,13H2,(H,29,33)(H,34,35)(H,26,30,31)/t16-,18+/m0/s1. The van der Waals surface area contributed by atoms with Crippen molar-refractivity contribution in [2.75, 3.05) is 0 Å². The number of H-pyrrole nitrogens is 1. The Bertz CT molecular complexity index is 1280. The highest BCUT2D eigenvalue weighted by molar-refractivity contribution is 6.30. The lowest BCUT2D eigenvalue weighted by molar-refractivity contribution is -0.142. The molecule has 0 unspecified atom stereocenters. The second-order valence-electron chi connectivity index (χ2n) is 7.91. The largest absolute Gasteiger partial charge is 0.481 e. The van der Waals surface area contributed by atoms with Crippen LogP contribution in [0.2, 0.25) is 5.02 Å². The van der Waals surface area contributed by atoms with Gasteiger partial charge in [-0.25, -0.2) is 4.39 Å². The Kier molecular flexibility index (Phi) is 7.46. The van der Waals surface area contributed by atoms with Crippen molar-refractivity contribution in [1.29, 1.82) is 0 Å². The number of rotatable bonds is 10. The molecule has 0 bridgehead atoms. The number of hydrogen-bond donors (Lipinski definition) is 3. The van der Waals surface area contributed by atoms with Gasteiger partial charge in [-0.1, -0.05) is 35.9 Å². The van der Waals surface area contributed by atoms with Crippen LogP contribution in [0.3, 0.4) is 0 Å². The molecule has 0 aliphatic rings. The van der Waals surface area contributed by atoms with Gasteiger partial charge < -0.3 is 10.4 Å². The van der Waals surface area contributed by atoms with Gasteiger partial charge in [0, 0.05) is 16.6 Å². The van der Waals surface area contributed by atoms with E-state index in [1.54, 1.807) is 30.3 Å². The molecule has 0 saturated carbocycles. The van der Waals surface area contributed by atoms with Crippen LogP contribution in [0.5, 0.6) is 0 Å². The number of aromatic nitrogens is 6. The Morgan fingerprint density at radius 3 is 2.54 bits per heavy atom. The van der Waals surface area contributed by atoms with Crippen LogP contribution >= 0.6 is 11.6 Å². The fraction of sp³-hybridized carbons (Fsp3) is 0.217. The summed E-state index contributed by atoms with van der Waals surface area (Å²) >= 11 is 6.01. The predicted octanol–water partition coefficient (Wildman–Crippen LogP) is 2.99. The number of amides is 1. The van der Waals surface area contributed by atoms with Crippen molar-refractivity contribution in [3.8, 4) is 11.1 Å². The maximum absolute atomic E-state index is 14.2. The average Bonchev–Trinajstić information content (AvgIpc) is 3.55. The highest BCUT2D eigenvalue weighted by Crippen LogP contribution is 2.27. The van der Waals surface area contributed by atoms with E-state index in [4.69, 9.17) is 11.6 Å². The first kappa shape index (κ1) is 24.0. The molecule has 2 atom stereocenters. The van der Waals surface area contributed by atoms with Gasteiger partial charge in [0.05, 0.1) is 31.1 Å². The highest BCUT2D eigenvalue weighted by atomic mass is 35.5. The van der Waals surface area contributed by atoms with E-state index >= 15 is 0 Å². The normalized spacial score (nSPS) is 12.7. The van der Waals surface area contributed by atoms with Crippen molar-refractivity contribution < 1.29 is 19.1 Å². The summed E-state index contributed by atoms with van der Waals surface area (Å²) in [6, 6.07) is 10.9. The van der Waals surface area contributed by atoms with E-state index in [-0.39, 0.29) is 18.7 Å². The molecular formula is C23H21ClFN7O3. The van der Waals surface area contributed by atoms with Crippen LogP contribution < -0.4 is 5.32 Å². The molecule has 2 aromatic heterocycles. The molecule has 35 heavy (non-hydrogen) atoms. The van der Waals surface area contributed by atoms with E-state index < -0.39 is 29.7 Å². The minimum absolute atomic E-state index is 0.0473. The molecule has 0 saturated heterocycles. The minimum Gasteiger partial charge on any atom is -0.481 e. The number of aliphatic carboxylic acids is 1. The molecule has 2 aromatic carbocycles. The number of nitrogens with zero attached hydrogens (tertiary/aromatic N) is 5. The Morgan fingerprint density at radius 1 is 1.14 bits per heavy atom. The summed E-state index contributed by atoms with van der Waals surface area (Å²) in [4.78, 5) is 25.8. The number of nitrogens with one attached hydrogen (secondary N) is 2. The number of carboxylic acid groups (broad SMARTS) is 1. The van der Waals surface area contributed by atoms with Crippen LogP contribution in [-0.2, 0) is 17.8 Å². The zero-order valence-electron chi connectivity index (χ0n) is 18.3. The Labute approximate surface area is 204 Å². The molecule has 3 N–H and O–H groups in total. The fourth-order valence-corrected chi connectivity index (χ4v) is 3.89. The maximum Gasteiger partial charge on any atom is 0.308 e. The number of carbonyl (C=O) groups is 2. The van der Waals surface area contributed by atoms with E-state index in [1.807, 2.05) is 0 Å². The molecule has 0 fully saturated rings. The summed E-state index contributed by atoms with van der Waals surface area (Å²) in [6.45, 7) is 0.0473. The lowest BCUT2D eigenvalue weighted by atomic mass is 9.93.